The summed E-state index contributed by atoms with van der Waals surface area (Å²) in [5, 5.41) is 0. The van der Waals surface area contributed by atoms with E-state index in [2.05, 4.69) is 67.8 Å². The van der Waals surface area contributed by atoms with Gasteiger partial charge >= 0.3 is 0 Å². The minimum absolute atomic E-state index is 0.178. The fraction of sp³-hybridized carbons (Fsp3) is 0.333. The molecule has 68 valence electrons. The molecule has 0 aromatic rings. The van der Waals surface area contributed by atoms with E-state index in [9.17, 15) is 0 Å². The monoisotopic (exact) mass is 368 g/mol. The highest BCUT2D eigenvalue weighted by molar-refractivity contribution is 9.40. The molecule has 0 fully saturated rings. The molecule has 0 radical (unpaired) electrons. The number of hydrogen-bond donors (Lipinski definition) is 0. The van der Waals surface area contributed by atoms with Gasteiger partial charge in [0.15, 0.2) is 14.0 Å². The van der Waals surface area contributed by atoms with Gasteiger partial charge in [0.1, 0.15) is 12.7 Å². The van der Waals surface area contributed by atoms with Crippen LogP contribution in [0, 0.1) is 0 Å². The first kappa shape index (κ1) is 9.67. The van der Waals surface area contributed by atoms with E-state index in [0.29, 0.717) is 5.84 Å². The molecule has 1 atom stereocenters. The molecule has 0 aliphatic carbocycles. The molecular formula is C6H3Br3N4. The summed E-state index contributed by atoms with van der Waals surface area (Å²) in [5.41, 5.74) is 0.787. The van der Waals surface area contributed by atoms with Gasteiger partial charge in [-0.25, -0.2) is 15.0 Å². The van der Waals surface area contributed by atoms with Gasteiger partial charge in [-0.3, -0.25) is 4.99 Å². The Labute approximate surface area is 99.7 Å². The predicted octanol–water partition coefficient (Wildman–Crippen LogP) is 2.12. The van der Waals surface area contributed by atoms with Crippen LogP contribution in [-0.2, 0) is 0 Å². The van der Waals surface area contributed by atoms with Crippen LogP contribution < -0.4 is 0 Å². The number of hydrogen-bond acceptors (Lipinski definition) is 4. The molecule has 0 amide bonds. The Morgan fingerprint density at radius 2 is 1.92 bits per heavy atom. The molecule has 0 bridgehead atoms. The summed E-state index contributed by atoms with van der Waals surface area (Å²) < 4.78 is -0.535. The molecule has 2 heterocycles. The average Bonchev–Trinajstić information content (AvgIpc) is 2.48. The summed E-state index contributed by atoms with van der Waals surface area (Å²) in [5.74, 6) is 0.674. The van der Waals surface area contributed by atoms with Gasteiger partial charge in [0.25, 0.3) is 0 Å². The van der Waals surface area contributed by atoms with Gasteiger partial charge in [-0.15, -0.1) is 0 Å². The number of rotatable bonds is 0. The molecule has 4 nitrogen and oxygen atoms in total. The van der Waals surface area contributed by atoms with Crippen molar-refractivity contribution < 1.29 is 0 Å². The van der Waals surface area contributed by atoms with Crippen molar-refractivity contribution in [2.24, 2.45) is 20.0 Å². The van der Waals surface area contributed by atoms with E-state index < -0.39 is 2.14 Å². The third-order valence-electron chi connectivity index (χ3n) is 1.59. The number of aliphatic imine (C=N–C) groups is 4. The smallest absolute Gasteiger partial charge is 0.175 e. The molecule has 0 aromatic carbocycles. The second-order valence-corrected chi connectivity index (χ2v) is 9.17. The summed E-state index contributed by atoms with van der Waals surface area (Å²) in [6, 6.07) is -0.178. The van der Waals surface area contributed by atoms with E-state index in [1.165, 1.54) is 12.7 Å². The lowest BCUT2D eigenvalue weighted by Gasteiger charge is -2.20. The molecule has 2 aliphatic heterocycles. The minimum atomic E-state index is -0.535. The van der Waals surface area contributed by atoms with E-state index in [1.54, 1.807) is 0 Å². The first-order valence-corrected chi connectivity index (χ1v) is 5.74. The van der Waals surface area contributed by atoms with Gasteiger partial charge in [0.2, 0.25) is 0 Å². The van der Waals surface area contributed by atoms with Crippen LogP contribution in [0.5, 0.6) is 0 Å². The molecule has 0 N–H and O–H groups in total. The highest BCUT2D eigenvalue weighted by Crippen LogP contribution is 2.38. The Balaban J connectivity index is 2.39. The first-order chi connectivity index (χ1) is 6.09. The van der Waals surface area contributed by atoms with Crippen molar-refractivity contribution in [1.29, 1.82) is 0 Å². The summed E-state index contributed by atoms with van der Waals surface area (Å²) >= 11 is 10.2. The molecule has 0 aromatic heterocycles. The third-order valence-corrected chi connectivity index (χ3v) is 2.81. The van der Waals surface area contributed by atoms with Crippen LogP contribution in [0.3, 0.4) is 0 Å². The van der Waals surface area contributed by atoms with Crippen LogP contribution in [0.4, 0.5) is 0 Å². The van der Waals surface area contributed by atoms with Crippen molar-refractivity contribution in [2.75, 3.05) is 0 Å². The van der Waals surface area contributed by atoms with Crippen LogP contribution in [-0.4, -0.2) is 32.4 Å². The number of nitrogens with zero attached hydrogens (tertiary/aromatic N) is 4. The van der Waals surface area contributed by atoms with Crippen molar-refractivity contribution >= 4 is 72.0 Å². The van der Waals surface area contributed by atoms with Crippen molar-refractivity contribution in [2.45, 2.75) is 8.18 Å². The van der Waals surface area contributed by atoms with Crippen LogP contribution in [0.2, 0.25) is 0 Å². The standard InChI is InChI=1S/C6H3Br3N4/c7-6(8,9)4-3-5(12-1-10-3)13-2-11-4/h1-3H. The van der Waals surface area contributed by atoms with Gasteiger partial charge in [0, 0.05) is 0 Å². The molecular weight excluding hydrogens is 368 g/mol. The Kier molecular flexibility index (Phi) is 2.50. The lowest BCUT2D eigenvalue weighted by atomic mass is 10.2. The molecule has 1 unspecified atom stereocenters. The number of fused-ring (bicyclic) bond motifs is 1. The van der Waals surface area contributed by atoms with Crippen LogP contribution in [0.1, 0.15) is 0 Å². The van der Waals surface area contributed by atoms with E-state index in [4.69, 9.17) is 0 Å². The third kappa shape index (κ3) is 1.82. The van der Waals surface area contributed by atoms with Gasteiger partial charge < -0.3 is 0 Å². The summed E-state index contributed by atoms with van der Waals surface area (Å²) in [6.45, 7) is 0. The lowest BCUT2D eigenvalue weighted by Crippen LogP contribution is -2.36. The molecule has 13 heavy (non-hydrogen) atoms. The van der Waals surface area contributed by atoms with Crippen LogP contribution >= 0.6 is 47.8 Å². The van der Waals surface area contributed by atoms with E-state index in [0.717, 1.165) is 5.71 Å². The van der Waals surface area contributed by atoms with Gasteiger partial charge in [-0.05, 0) is 0 Å². The van der Waals surface area contributed by atoms with Crippen LogP contribution in [0.25, 0.3) is 0 Å². The second-order valence-electron chi connectivity index (χ2n) is 2.41. The maximum Gasteiger partial charge on any atom is 0.175 e. The normalized spacial score (nSPS) is 25.6. The van der Waals surface area contributed by atoms with Crippen molar-refractivity contribution in [3.63, 3.8) is 0 Å². The fourth-order valence-corrected chi connectivity index (χ4v) is 2.00. The number of halogens is 3. The Hall–Kier alpha value is 0.120. The Morgan fingerprint density at radius 3 is 2.62 bits per heavy atom. The number of amidine groups is 1. The van der Waals surface area contributed by atoms with Gasteiger partial charge in [-0.1, -0.05) is 47.8 Å². The maximum absolute atomic E-state index is 4.14. The highest BCUT2D eigenvalue weighted by Gasteiger charge is 2.37. The minimum Gasteiger partial charge on any atom is -0.256 e. The van der Waals surface area contributed by atoms with Crippen molar-refractivity contribution in [1.82, 2.24) is 0 Å². The highest BCUT2D eigenvalue weighted by atomic mass is 80.0. The molecule has 2 rings (SSSR count). The van der Waals surface area contributed by atoms with E-state index >= 15 is 0 Å². The largest absolute Gasteiger partial charge is 0.256 e. The molecule has 7 heteroatoms. The van der Waals surface area contributed by atoms with Gasteiger partial charge in [0.05, 0.1) is 5.71 Å². The zero-order valence-electron chi connectivity index (χ0n) is 6.15. The van der Waals surface area contributed by atoms with Crippen molar-refractivity contribution in [3.05, 3.63) is 0 Å². The summed E-state index contributed by atoms with van der Waals surface area (Å²) in [6.07, 6.45) is 2.97. The van der Waals surface area contributed by atoms with Crippen LogP contribution in [0.15, 0.2) is 20.0 Å². The Bertz CT molecular complexity index is 349. The maximum atomic E-state index is 4.14. The summed E-state index contributed by atoms with van der Waals surface area (Å²) in [7, 11) is 0. The average molecular weight is 371 g/mol. The molecule has 0 saturated heterocycles. The number of alkyl halides is 3. The summed E-state index contributed by atoms with van der Waals surface area (Å²) in [4.78, 5) is 16.3. The quantitative estimate of drug-likeness (QED) is 0.586. The van der Waals surface area contributed by atoms with Crippen molar-refractivity contribution in [3.8, 4) is 0 Å². The van der Waals surface area contributed by atoms with E-state index in [-0.39, 0.29) is 6.04 Å². The zero-order chi connectivity index (χ0) is 9.47. The first-order valence-electron chi connectivity index (χ1n) is 3.36. The topological polar surface area (TPSA) is 49.4 Å². The SMILES string of the molecule is BrC(Br)(Br)C1=NC=NC2=NC=NC21. The second kappa shape index (κ2) is 3.36. The fourth-order valence-electron chi connectivity index (χ4n) is 1.04. The van der Waals surface area contributed by atoms with E-state index in [1.807, 2.05) is 0 Å². The zero-order valence-corrected chi connectivity index (χ0v) is 10.9. The predicted molar refractivity (Wildman–Crippen MR) is 65.2 cm³/mol. The molecule has 0 spiro atoms. The molecule has 0 saturated carbocycles. The molecule has 2 aliphatic rings. The Morgan fingerprint density at radius 1 is 1.15 bits per heavy atom. The van der Waals surface area contributed by atoms with Gasteiger partial charge in [-0.2, -0.15) is 0 Å². The lowest BCUT2D eigenvalue weighted by molar-refractivity contribution is 1.12.